The molecule has 8 heteroatoms. The standard InChI is InChI=1S/C17H23N7O/c18-16-19-11-13(12-20-16)14-10-15(23-6-8-25-9-7-23)22-17(21-14)24-4-2-1-3-5-24/h10-12H,1-9H2,(H2,18,19,20). The first kappa shape index (κ1) is 16.0. The molecule has 0 spiro atoms. The zero-order chi connectivity index (χ0) is 17.1. The Balaban J connectivity index is 1.72. The maximum atomic E-state index is 5.61. The molecule has 0 radical (unpaired) electrons. The number of ether oxygens (including phenoxy) is 1. The van der Waals surface area contributed by atoms with Gasteiger partial charge in [0, 0.05) is 50.2 Å². The Hall–Kier alpha value is -2.48. The SMILES string of the molecule is Nc1ncc(-c2cc(N3CCOCC3)nc(N3CCCCC3)n2)cn1. The molecule has 0 amide bonds. The first-order valence-electron chi connectivity index (χ1n) is 8.84. The summed E-state index contributed by atoms with van der Waals surface area (Å²) in [5.74, 6) is 1.99. The van der Waals surface area contributed by atoms with E-state index in [1.165, 1.54) is 19.3 Å². The zero-order valence-corrected chi connectivity index (χ0v) is 14.3. The molecule has 0 bridgehead atoms. The van der Waals surface area contributed by atoms with Gasteiger partial charge in [-0.15, -0.1) is 0 Å². The van der Waals surface area contributed by atoms with Gasteiger partial charge in [-0.05, 0) is 19.3 Å². The minimum absolute atomic E-state index is 0.266. The number of hydrogen-bond acceptors (Lipinski definition) is 8. The molecule has 2 fully saturated rings. The van der Waals surface area contributed by atoms with Crippen molar-refractivity contribution < 1.29 is 4.74 Å². The molecule has 2 aliphatic heterocycles. The molecular weight excluding hydrogens is 318 g/mol. The summed E-state index contributed by atoms with van der Waals surface area (Å²) in [6.07, 6.45) is 7.08. The van der Waals surface area contributed by atoms with Crippen LogP contribution in [0.4, 0.5) is 17.7 Å². The van der Waals surface area contributed by atoms with Gasteiger partial charge in [-0.3, -0.25) is 0 Å². The van der Waals surface area contributed by atoms with Gasteiger partial charge >= 0.3 is 0 Å². The van der Waals surface area contributed by atoms with Crippen molar-refractivity contribution in [1.82, 2.24) is 19.9 Å². The fraction of sp³-hybridized carbons (Fsp3) is 0.529. The van der Waals surface area contributed by atoms with Crippen molar-refractivity contribution in [3.8, 4) is 11.3 Å². The predicted molar refractivity (Wildman–Crippen MR) is 96.6 cm³/mol. The number of morpholine rings is 1. The lowest BCUT2D eigenvalue weighted by atomic mass is 10.1. The summed E-state index contributed by atoms with van der Waals surface area (Å²) in [5, 5.41) is 0. The Kier molecular flexibility index (Phi) is 4.60. The van der Waals surface area contributed by atoms with Crippen molar-refractivity contribution in [2.75, 3.05) is 54.9 Å². The quantitative estimate of drug-likeness (QED) is 0.894. The van der Waals surface area contributed by atoms with E-state index in [0.29, 0.717) is 0 Å². The third kappa shape index (κ3) is 3.63. The molecule has 0 unspecified atom stereocenters. The maximum absolute atomic E-state index is 5.61. The molecule has 0 saturated carbocycles. The summed E-state index contributed by atoms with van der Waals surface area (Å²) >= 11 is 0. The molecule has 0 atom stereocenters. The Bertz CT molecular complexity index is 673. The van der Waals surface area contributed by atoms with Gasteiger partial charge < -0.3 is 20.3 Å². The number of nitrogens with zero attached hydrogens (tertiary/aromatic N) is 6. The topological polar surface area (TPSA) is 93.3 Å². The van der Waals surface area contributed by atoms with Crippen LogP contribution in [0.1, 0.15) is 19.3 Å². The Morgan fingerprint density at radius 2 is 1.60 bits per heavy atom. The summed E-state index contributed by atoms with van der Waals surface area (Å²) < 4.78 is 5.47. The second-order valence-corrected chi connectivity index (χ2v) is 6.39. The largest absolute Gasteiger partial charge is 0.378 e. The molecule has 132 valence electrons. The van der Waals surface area contributed by atoms with E-state index in [1.54, 1.807) is 12.4 Å². The number of aromatic nitrogens is 4. The average molecular weight is 341 g/mol. The average Bonchev–Trinajstić information content (AvgIpc) is 2.69. The van der Waals surface area contributed by atoms with Crippen molar-refractivity contribution in [1.29, 1.82) is 0 Å². The molecule has 2 saturated heterocycles. The number of nitrogens with two attached hydrogens (primary N) is 1. The number of hydrogen-bond donors (Lipinski definition) is 1. The maximum Gasteiger partial charge on any atom is 0.227 e. The van der Waals surface area contributed by atoms with Crippen LogP contribution in [0.5, 0.6) is 0 Å². The number of anilines is 3. The van der Waals surface area contributed by atoms with Gasteiger partial charge in [0.1, 0.15) is 5.82 Å². The highest BCUT2D eigenvalue weighted by Crippen LogP contribution is 2.26. The van der Waals surface area contributed by atoms with Crippen LogP contribution in [-0.2, 0) is 4.74 Å². The molecule has 2 aromatic heterocycles. The van der Waals surface area contributed by atoms with Gasteiger partial charge in [0.15, 0.2) is 0 Å². The fourth-order valence-corrected chi connectivity index (χ4v) is 3.23. The molecule has 2 aromatic rings. The van der Waals surface area contributed by atoms with Gasteiger partial charge in [-0.1, -0.05) is 0 Å². The van der Waals surface area contributed by atoms with E-state index in [9.17, 15) is 0 Å². The highest BCUT2D eigenvalue weighted by Gasteiger charge is 2.20. The second-order valence-electron chi connectivity index (χ2n) is 6.39. The van der Waals surface area contributed by atoms with Crippen LogP contribution < -0.4 is 15.5 Å². The molecule has 4 rings (SSSR count). The van der Waals surface area contributed by atoms with E-state index in [0.717, 1.165) is 62.4 Å². The van der Waals surface area contributed by atoms with Gasteiger partial charge in [-0.2, -0.15) is 4.98 Å². The summed E-state index contributed by atoms with van der Waals surface area (Å²) in [6, 6.07) is 2.01. The molecule has 2 N–H and O–H groups in total. The number of nitrogen functional groups attached to an aromatic ring is 1. The van der Waals surface area contributed by atoms with Gasteiger partial charge in [0.05, 0.1) is 18.9 Å². The third-order valence-corrected chi connectivity index (χ3v) is 4.64. The van der Waals surface area contributed by atoms with Gasteiger partial charge in [0.2, 0.25) is 11.9 Å². The number of rotatable bonds is 3. The second kappa shape index (κ2) is 7.18. The first-order valence-corrected chi connectivity index (χ1v) is 8.84. The number of piperidine rings is 1. The van der Waals surface area contributed by atoms with E-state index in [1.807, 2.05) is 6.07 Å². The first-order chi connectivity index (χ1) is 12.3. The monoisotopic (exact) mass is 341 g/mol. The minimum Gasteiger partial charge on any atom is -0.378 e. The normalized spacial score (nSPS) is 18.4. The van der Waals surface area contributed by atoms with Crippen molar-refractivity contribution in [3.63, 3.8) is 0 Å². The molecule has 4 heterocycles. The van der Waals surface area contributed by atoms with Crippen LogP contribution in [0.25, 0.3) is 11.3 Å². The van der Waals surface area contributed by atoms with Crippen LogP contribution >= 0.6 is 0 Å². The Morgan fingerprint density at radius 1 is 0.880 bits per heavy atom. The third-order valence-electron chi connectivity index (χ3n) is 4.64. The smallest absolute Gasteiger partial charge is 0.227 e. The minimum atomic E-state index is 0.266. The Labute approximate surface area is 147 Å². The summed E-state index contributed by atoms with van der Waals surface area (Å²) in [6.45, 7) is 5.14. The Morgan fingerprint density at radius 3 is 2.32 bits per heavy atom. The van der Waals surface area contributed by atoms with Gasteiger partial charge in [-0.25, -0.2) is 15.0 Å². The summed E-state index contributed by atoms with van der Waals surface area (Å²) in [4.78, 5) is 22.4. The van der Waals surface area contributed by atoms with E-state index in [4.69, 9.17) is 20.4 Å². The van der Waals surface area contributed by atoms with Crippen molar-refractivity contribution in [2.45, 2.75) is 19.3 Å². The molecule has 25 heavy (non-hydrogen) atoms. The fourth-order valence-electron chi connectivity index (χ4n) is 3.23. The van der Waals surface area contributed by atoms with E-state index >= 15 is 0 Å². The molecule has 2 aliphatic rings. The lowest BCUT2D eigenvalue weighted by Gasteiger charge is -2.31. The molecule has 0 aromatic carbocycles. The van der Waals surface area contributed by atoms with Crippen molar-refractivity contribution in [3.05, 3.63) is 18.5 Å². The van der Waals surface area contributed by atoms with Crippen LogP contribution in [0.2, 0.25) is 0 Å². The lowest BCUT2D eigenvalue weighted by molar-refractivity contribution is 0.122. The molecule has 8 nitrogen and oxygen atoms in total. The molecular formula is C17H23N7O. The summed E-state index contributed by atoms with van der Waals surface area (Å²) in [7, 11) is 0. The molecule has 0 aliphatic carbocycles. The van der Waals surface area contributed by atoms with E-state index in [2.05, 4.69) is 19.8 Å². The van der Waals surface area contributed by atoms with Crippen LogP contribution in [0.3, 0.4) is 0 Å². The highest BCUT2D eigenvalue weighted by atomic mass is 16.5. The summed E-state index contributed by atoms with van der Waals surface area (Å²) in [5.41, 5.74) is 7.29. The van der Waals surface area contributed by atoms with Crippen molar-refractivity contribution in [2.24, 2.45) is 0 Å². The van der Waals surface area contributed by atoms with Gasteiger partial charge in [0.25, 0.3) is 0 Å². The van der Waals surface area contributed by atoms with Crippen LogP contribution in [0, 0.1) is 0 Å². The van der Waals surface area contributed by atoms with Crippen LogP contribution in [-0.4, -0.2) is 59.3 Å². The van der Waals surface area contributed by atoms with E-state index < -0.39 is 0 Å². The lowest BCUT2D eigenvalue weighted by Crippen LogP contribution is -2.37. The van der Waals surface area contributed by atoms with E-state index in [-0.39, 0.29) is 5.95 Å². The highest BCUT2D eigenvalue weighted by molar-refractivity contribution is 5.64. The predicted octanol–water partition coefficient (Wildman–Crippen LogP) is 1.34. The van der Waals surface area contributed by atoms with Crippen molar-refractivity contribution >= 4 is 17.7 Å². The zero-order valence-electron chi connectivity index (χ0n) is 14.3. The van der Waals surface area contributed by atoms with Crippen LogP contribution in [0.15, 0.2) is 18.5 Å².